The average Bonchev–Trinajstić information content (AvgIpc) is 3.07. The Balaban J connectivity index is 0.00000245. The van der Waals surface area contributed by atoms with Crippen molar-refractivity contribution in [1.82, 2.24) is 5.32 Å². The molecule has 1 aliphatic heterocycles. The summed E-state index contributed by atoms with van der Waals surface area (Å²) in [6, 6.07) is 9.40. The van der Waals surface area contributed by atoms with Crippen LogP contribution in [0, 0.1) is 23.2 Å². The molecular formula is C25H38BClN2O3. The molecule has 2 bridgehead atoms. The molecule has 4 aliphatic carbocycles. The number of carbonyl (C=O) groups is 1. The monoisotopic (exact) mass is 460 g/mol. The van der Waals surface area contributed by atoms with E-state index in [4.69, 9.17) is 15.0 Å². The van der Waals surface area contributed by atoms with E-state index in [9.17, 15) is 4.79 Å². The van der Waals surface area contributed by atoms with Crippen LogP contribution in [0.2, 0.25) is 0 Å². The van der Waals surface area contributed by atoms with E-state index in [2.05, 4.69) is 26.1 Å². The number of hydrogen-bond donors (Lipinski definition) is 2. The molecule has 176 valence electrons. The maximum absolute atomic E-state index is 13.0. The maximum atomic E-state index is 13.0. The lowest BCUT2D eigenvalue weighted by molar-refractivity contribution is -0.199. The Morgan fingerprint density at radius 3 is 2.56 bits per heavy atom. The predicted octanol–water partition coefficient (Wildman–Crippen LogP) is 3.92. The van der Waals surface area contributed by atoms with Crippen LogP contribution in [0.25, 0.3) is 0 Å². The van der Waals surface area contributed by atoms with Crippen LogP contribution in [0.5, 0.6) is 0 Å². The Hall–Kier alpha value is -1.08. The molecule has 0 spiro atoms. The molecule has 7 heteroatoms. The SMILES string of the molecule is CC1(C)[C@@H]2C[C@H]3OB([C@H](CC4CCC4)NC(=O)[C@@H](N)Cc4ccccc4)O[C@@]3(C)[C@H]1C2.Cl. The first-order valence-corrected chi connectivity index (χ1v) is 12.2. The second-order valence-corrected chi connectivity index (χ2v) is 11.3. The Kier molecular flexibility index (Phi) is 6.72. The van der Waals surface area contributed by atoms with Crippen LogP contribution in [0.4, 0.5) is 0 Å². The minimum absolute atomic E-state index is 0. The van der Waals surface area contributed by atoms with Gasteiger partial charge in [-0.25, -0.2) is 0 Å². The summed E-state index contributed by atoms with van der Waals surface area (Å²) in [5.41, 5.74) is 7.43. The molecule has 5 fully saturated rings. The molecule has 1 aromatic carbocycles. The Bertz CT molecular complexity index is 821. The zero-order chi connectivity index (χ0) is 21.8. The van der Waals surface area contributed by atoms with Crippen molar-refractivity contribution in [3.63, 3.8) is 0 Å². The van der Waals surface area contributed by atoms with Gasteiger partial charge in [0.05, 0.1) is 23.7 Å². The molecule has 6 atom stereocenters. The number of amides is 1. The van der Waals surface area contributed by atoms with Crippen molar-refractivity contribution < 1.29 is 14.1 Å². The Morgan fingerprint density at radius 2 is 1.94 bits per heavy atom. The summed E-state index contributed by atoms with van der Waals surface area (Å²) in [5, 5.41) is 3.24. The lowest BCUT2D eigenvalue weighted by Gasteiger charge is -2.64. The van der Waals surface area contributed by atoms with Crippen molar-refractivity contribution in [2.24, 2.45) is 28.9 Å². The summed E-state index contributed by atoms with van der Waals surface area (Å²) in [7, 11) is -0.376. The van der Waals surface area contributed by atoms with Gasteiger partial charge in [-0.2, -0.15) is 0 Å². The summed E-state index contributed by atoms with van der Waals surface area (Å²) >= 11 is 0. The molecule has 3 N–H and O–H groups in total. The zero-order valence-corrected chi connectivity index (χ0v) is 20.4. The summed E-state index contributed by atoms with van der Waals surface area (Å²) in [6.07, 6.45) is 7.62. The van der Waals surface area contributed by atoms with Crippen LogP contribution in [0.3, 0.4) is 0 Å². The van der Waals surface area contributed by atoms with Gasteiger partial charge in [-0.1, -0.05) is 63.4 Å². The maximum Gasteiger partial charge on any atom is 0.481 e. The van der Waals surface area contributed by atoms with Crippen LogP contribution in [0.15, 0.2) is 30.3 Å². The highest BCUT2D eigenvalue weighted by atomic mass is 35.5. The van der Waals surface area contributed by atoms with E-state index in [0.717, 1.165) is 24.3 Å². The Morgan fingerprint density at radius 1 is 1.22 bits per heavy atom. The molecule has 32 heavy (non-hydrogen) atoms. The molecule has 1 heterocycles. The van der Waals surface area contributed by atoms with Crippen molar-refractivity contribution in [2.45, 2.75) is 89.4 Å². The van der Waals surface area contributed by atoms with Gasteiger partial charge in [-0.15, -0.1) is 12.4 Å². The van der Waals surface area contributed by atoms with Crippen molar-refractivity contribution in [3.05, 3.63) is 35.9 Å². The van der Waals surface area contributed by atoms with Gasteiger partial charge in [0.25, 0.3) is 0 Å². The fourth-order valence-electron chi connectivity index (χ4n) is 6.65. The fourth-order valence-corrected chi connectivity index (χ4v) is 6.65. The van der Waals surface area contributed by atoms with Gasteiger partial charge < -0.3 is 20.4 Å². The lowest BCUT2D eigenvalue weighted by Crippen LogP contribution is -2.65. The van der Waals surface area contributed by atoms with Gasteiger partial charge in [0.1, 0.15) is 0 Å². The third kappa shape index (κ3) is 4.13. The van der Waals surface area contributed by atoms with Crippen LogP contribution >= 0.6 is 12.4 Å². The predicted molar refractivity (Wildman–Crippen MR) is 129 cm³/mol. The number of nitrogens with two attached hydrogens (primary N) is 1. The van der Waals surface area contributed by atoms with E-state index in [1.54, 1.807) is 0 Å². The summed E-state index contributed by atoms with van der Waals surface area (Å²) in [4.78, 5) is 13.0. The third-order valence-corrected chi connectivity index (χ3v) is 9.07. The molecule has 1 amide bonds. The average molecular weight is 461 g/mol. The molecule has 1 aromatic rings. The quantitative estimate of drug-likeness (QED) is 0.605. The summed E-state index contributed by atoms with van der Waals surface area (Å²) in [6.45, 7) is 6.99. The molecule has 5 nitrogen and oxygen atoms in total. The number of rotatable bonds is 7. The summed E-state index contributed by atoms with van der Waals surface area (Å²) < 4.78 is 13.2. The minimum Gasteiger partial charge on any atom is -0.404 e. The second-order valence-electron chi connectivity index (χ2n) is 11.3. The van der Waals surface area contributed by atoms with Crippen LogP contribution < -0.4 is 11.1 Å². The normalized spacial score (nSPS) is 34.4. The standard InChI is InChI=1S/C25H37BN2O3.ClH/c1-24(2)18-14-20(24)25(3)21(15-18)30-26(31-25)22(13-17-10-7-11-17)28-23(29)19(27)12-16-8-5-4-6-9-16;/h4-6,8-9,17-22H,7,10-15,27H2,1-3H3,(H,28,29);1H/t18-,19-,20-,21+,22-,25-;/m0./s1. The molecule has 6 rings (SSSR count). The topological polar surface area (TPSA) is 73.6 Å². The Labute approximate surface area is 199 Å². The van der Waals surface area contributed by atoms with Gasteiger partial charge in [-0.3, -0.25) is 4.79 Å². The first kappa shape index (κ1) is 24.1. The van der Waals surface area contributed by atoms with Gasteiger partial charge in [-0.05, 0) is 61.3 Å². The molecule has 0 unspecified atom stereocenters. The molecular weight excluding hydrogens is 423 g/mol. The van der Waals surface area contributed by atoms with E-state index in [0.29, 0.717) is 23.7 Å². The molecule has 1 saturated heterocycles. The van der Waals surface area contributed by atoms with Gasteiger partial charge >= 0.3 is 7.12 Å². The smallest absolute Gasteiger partial charge is 0.404 e. The first-order valence-electron chi connectivity index (χ1n) is 12.2. The minimum atomic E-state index is -0.572. The van der Waals surface area contributed by atoms with Crippen molar-refractivity contribution in [2.75, 3.05) is 0 Å². The largest absolute Gasteiger partial charge is 0.481 e. The van der Waals surface area contributed by atoms with Crippen LogP contribution in [-0.4, -0.2) is 36.7 Å². The number of nitrogens with one attached hydrogen (secondary N) is 1. The molecule has 0 radical (unpaired) electrons. The van der Waals surface area contributed by atoms with E-state index >= 15 is 0 Å². The van der Waals surface area contributed by atoms with Crippen LogP contribution in [0.1, 0.15) is 64.9 Å². The highest BCUT2D eigenvalue weighted by Gasteiger charge is 2.68. The van der Waals surface area contributed by atoms with Crippen LogP contribution in [-0.2, 0) is 20.5 Å². The highest BCUT2D eigenvalue weighted by molar-refractivity contribution is 6.47. The van der Waals surface area contributed by atoms with E-state index in [1.165, 1.54) is 25.7 Å². The highest BCUT2D eigenvalue weighted by Crippen LogP contribution is 2.65. The lowest BCUT2D eigenvalue weighted by atomic mass is 9.43. The number of hydrogen-bond acceptors (Lipinski definition) is 4. The van der Waals surface area contributed by atoms with Gasteiger partial charge in [0.15, 0.2) is 0 Å². The van der Waals surface area contributed by atoms with Crippen molar-refractivity contribution in [1.29, 1.82) is 0 Å². The first-order chi connectivity index (χ1) is 14.8. The van der Waals surface area contributed by atoms with Crippen molar-refractivity contribution >= 4 is 25.4 Å². The summed E-state index contributed by atoms with van der Waals surface area (Å²) in [5.74, 6) is 1.64. The second kappa shape index (κ2) is 8.94. The van der Waals surface area contributed by atoms with Gasteiger partial charge in [0, 0.05) is 0 Å². The number of halogens is 1. The van der Waals surface area contributed by atoms with E-state index in [1.807, 2.05) is 30.3 Å². The van der Waals surface area contributed by atoms with E-state index in [-0.39, 0.29) is 43.1 Å². The third-order valence-electron chi connectivity index (χ3n) is 9.07. The number of carbonyl (C=O) groups excluding carboxylic acids is 1. The van der Waals surface area contributed by atoms with Crippen molar-refractivity contribution in [3.8, 4) is 0 Å². The zero-order valence-electron chi connectivity index (χ0n) is 19.6. The molecule has 0 aromatic heterocycles. The molecule has 5 aliphatic rings. The molecule has 4 saturated carbocycles. The fraction of sp³-hybridized carbons (Fsp3) is 0.720. The van der Waals surface area contributed by atoms with E-state index < -0.39 is 6.04 Å². The number of benzene rings is 1. The van der Waals surface area contributed by atoms with Gasteiger partial charge in [0.2, 0.25) is 5.91 Å².